The van der Waals surface area contributed by atoms with E-state index in [2.05, 4.69) is 31.2 Å². The Morgan fingerprint density at radius 3 is 2.57 bits per heavy atom. The lowest BCUT2D eigenvalue weighted by molar-refractivity contribution is -0.0583. The van der Waals surface area contributed by atoms with E-state index in [1.165, 1.54) is 0 Å². The second-order valence-electron chi connectivity index (χ2n) is 5.97. The van der Waals surface area contributed by atoms with Crippen molar-refractivity contribution in [2.24, 2.45) is 0 Å². The van der Waals surface area contributed by atoms with Crippen molar-refractivity contribution < 1.29 is 9.26 Å². The van der Waals surface area contributed by atoms with Crippen LogP contribution >= 0.6 is 0 Å². The average molecular weight is 295 g/mol. The second kappa shape index (κ2) is 6.88. The van der Waals surface area contributed by atoms with Crippen molar-refractivity contribution in [1.82, 2.24) is 15.5 Å². The fourth-order valence-electron chi connectivity index (χ4n) is 3.34. The molecule has 0 amide bonds. The highest BCUT2D eigenvalue weighted by Gasteiger charge is 2.41. The summed E-state index contributed by atoms with van der Waals surface area (Å²) in [6.07, 6.45) is 4.99. The van der Waals surface area contributed by atoms with Crippen molar-refractivity contribution in [3.8, 4) is 0 Å². The maximum Gasteiger partial charge on any atom is 0.234 e. The molecule has 1 unspecified atom stereocenters. The summed E-state index contributed by atoms with van der Waals surface area (Å²) in [6, 6.07) is 0. The zero-order valence-corrected chi connectivity index (χ0v) is 13.9. The molecule has 1 aromatic heterocycles. The van der Waals surface area contributed by atoms with Crippen LogP contribution in [0.4, 0.5) is 0 Å². The van der Waals surface area contributed by atoms with E-state index in [1.807, 2.05) is 6.92 Å². The fraction of sp³-hybridized carbons (Fsp3) is 0.875. The summed E-state index contributed by atoms with van der Waals surface area (Å²) in [4.78, 5) is 4.77. The smallest absolute Gasteiger partial charge is 0.234 e. The van der Waals surface area contributed by atoms with E-state index in [0.717, 1.165) is 51.1 Å². The first-order valence-electron chi connectivity index (χ1n) is 8.35. The van der Waals surface area contributed by atoms with E-state index >= 15 is 0 Å². The fourth-order valence-corrected chi connectivity index (χ4v) is 3.34. The summed E-state index contributed by atoms with van der Waals surface area (Å²) in [5.74, 6) is 1.49. The molecule has 0 aromatic carbocycles. The van der Waals surface area contributed by atoms with E-state index < -0.39 is 5.60 Å². The molecule has 0 bridgehead atoms. The van der Waals surface area contributed by atoms with Crippen LogP contribution in [0, 0.1) is 0 Å². The molecular formula is C16H29N3O2. The first-order chi connectivity index (χ1) is 10.2. The summed E-state index contributed by atoms with van der Waals surface area (Å²) >= 11 is 0. The van der Waals surface area contributed by atoms with Crippen molar-refractivity contribution in [3.63, 3.8) is 0 Å². The van der Waals surface area contributed by atoms with Crippen molar-refractivity contribution in [3.05, 3.63) is 11.7 Å². The van der Waals surface area contributed by atoms with Crippen molar-refractivity contribution in [1.29, 1.82) is 0 Å². The molecule has 5 heteroatoms. The Morgan fingerprint density at radius 2 is 2.05 bits per heavy atom. The molecule has 1 N–H and O–H groups in total. The molecule has 1 aliphatic rings. The Morgan fingerprint density at radius 1 is 1.29 bits per heavy atom. The van der Waals surface area contributed by atoms with Crippen LogP contribution in [0.1, 0.15) is 71.5 Å². The molecule has 0 spiro atoms. The largest absolute Gasteiger partial charge is 0.367 e. The van der Waals surface area contributed by atoms with Crippen LogP contribution in [0.15, 0.2) is 4.52 Å². The number of hydrogen-bond acceptors (Lipinski definition) is 5. The first-order valence-corrected chi connectivity index (χ1v) is 8.35. The molecule has 21 heavy (non-hydrogen) atoms. The lowest BCUT2D eigenvalue weighted by Crippen LogP contribution is -2.43. The molecule has 1 atom stereocenters. The van der Waals surface area contributed by atoms with Crippen LogP contribution in [0.2, 0.25) is 0 Å². The minimum Gasteiger partial charge on any atom is -0.367 e. The van der Waals surface area contributed by atoms with E-state index in [4.69, 9.17) is 14.2 Å². The third kappa shape index (κ3) is 2.99. The van der Waals surface area contributed by atoms with Gasteiger partial charge in [-0.2, -0.15) is 4.98 Å². The Bertz CT molecular complexity index is 406. The zero-order chi connectivity index (χ0) is 15.3. The van der Waals surface area contributed by atoms with Crippen molar-refractivity contribution >= 4 is 0 Å². The van der Waals surface area contributed by atoms with Gasteiger partial charge in [-0.05, 0) is 45.6 Å². The third-order valence-electron chi connectivity index (χ3n) is 5.00. The van der Waals surface area contributed by atoms with Crippen LogP contribution in [0.25, 0.3) is 0 Å². The molecular weight excluding hydrogens is 266 g/mol. The SMILES string of the molecule is CCOC(CC)(CC)c1noc(C2(CC)CCCNC2)n1. The number of rotatable bonds is 7. The summed E-state index contributed by atoms with van der Waals surface area (Å²) in [6.45, 7) is 11.1. The first kappa shape index (κ1) is 16.4. The second-order valence-corrected chi connectivity index (χ2v) is 5.97. The van der Waals surface area contributed by atoms with E-state index in [-0.39, 0.29) is 5.41 Å². The van der Waals surface area contributed by atoms with E-state index in [1.54, 1.807) is 0 Å². The normalized spacial score (nSPS) is 23.4. The van der Waals surface area contributed by atoms with E-state index in [0.29, 0.717) is 12.4 Å². The van der Waals surface area contributed by atoms with Crippen LogP contribution in [0.3, 0.4) is 0 Å². The molecule has 0 aliphatic carbocycles. The van der Waals surface area contributed by atoms with Gasteiger partial charge < -0.3 is 14.6 Å². The molecule has 0 radical (unpaired) electrons. The van der Waals surface area contributed by atoms with Gasteiger partial charge in [-0.25, -0.2) is 0 Å². The van der Waals surface area contributed by atoms with Gasteiger partial charge in [0.15, 0.2) is 0 Å². The number of ether oxygens (including phenoxy) is 1. The molecule has 2 heterocycles. The van der Waals surface area contributed by atoms with Crippen LogP contribution < -0.4 is 5.32 Å². The third-order valence-corrected chi connectivity index (χ3v) is 5.00. The summed E-state index contributed by atoms with van der Waals surface area (Å²) < 4.78 is 11.7. The Labute approximate surface area is 127 Å². The van der Waals surface area contributed by atoms with Gasteiger partial charge >= 0.3 is 0 Å². The molecule has 1 saturated heterocycles. The van der Waals surface area contributed by atoms with Gasteiger partial charge in [-0.3, -0.25) is 0 Å². The number of nitrogens with one attached hydrogen (secondary N) is 1. The topological polar surface area (TPSA) is 60.2 Å². The molecule has 1 aliphatic heterocycles. The average Bonchev–Trinajstić information content (AvgIpc) is 3.04. The van der Waals surface area contributed by atoms with E-state index in [9.17, 15) is 0 Å². The predicted molar refractivity (Wildman–Crippen MR) is 82.3 cm³/mol. The standard InChI is InChI=1S/C16H29N3O2/c1-5-15(10-9-11-17-12-15)14-18-13(19-21-14)16(6-2,7-3)20-8-4/h17H,5-12H2,1-4H3. The number of nitrogens with zero attached hydrogens (tertiary/aromatic N) is 2. The minimum atomic E-state index is -0.409. The number of aromatic nitrogens is 2. The zero-order valence-electron chi connectivity index (χ0n) is 13.9. The van der Waals surface area contributed by atoms with Gasteiger partial charge in [0, 0.05) is 13.2 Å². The van der Waals surface area contributed by atoms with Crippen LogP contribution in [0.5, 0.6) is 0 Å². The van der Waals surface area contributed by atoms with Crippen LogP contribution in [-0.4, -0.2) is 29.8 Å². The highest BCUT2D eigenvalue weighted by Crippen LogP contribution is 2.36. The monoisotopic (exact) mass is 295 g/mol. The Kier molecular flexibility index (Phi) is 5.38. The van der Waals surface area contributed by atoms with Gasteiger partial charge in [-0.15, -0.1) is 0 Å². The summed E-state index contributed by atoms with van der Waals surface area (Å²) in [5, 5.41) is 7.75. The van der Waals surface area contributed by atoms with Gasteiger partial charge in [0.25, 0.3) is 0 Å². The van der Waals surface area contributed by atoms with Gasteiger partial charge in [0.2, 0.25) is 11.7 Å². The number of hydrogen-bond donors (Lipinski definition) is 1. The number of piperidine rings is 1. The predicted octanol–water partition coefficient (Wildman–Crippen LogP) is 3.15. The van der Waals surface area contributed by atoms with Crippen LogP contribution in [-0.2, 0) is 15.8 Å². The highest BCUT2D eigenvalue weighted by atomic mass is 16.5. The van der Waals surface area contributed by atoms with Crippen molar-refractivity contribution in [2.45, 2.75) is 70.8 Å². The quantitative estimate of drug-likeness (QED) is 0.837. The maximum absolute atomic E-state index is 5.98. The lowest BCUT2D eigenvalue weighted by Gasteiger charge is -2.33. The lowest BCUT2D eigenvalue weighted by atomic mass is 9.78. The molecule has 5 nitrogen and oxygen atoms in total. The molecule has 0 saturated carbocycles. The molecule has 2 rings (SSSR count). The maximum atomic E-state index is 5.98. The van der Waals surface area contributed by atoms with Gasteiger partial charge in [0.05, 0.1) is 5.41 Å². The molecule has 1 fully saturated rings. The summed E-state index contributed by atoms with van der Waals surface area (Å²) in [7, 11) is 0. The minimum absolute atomic E-state index is 0.0110. The van der Waals surface area contributed by atoms with Crippen molar-refractivity contribution in [2.75, 3.05) is 19.7 Å². The van der Waals surface area contributed by atoms with Gasteiger partial charge in [0.1, 0.15) is 5.60 Å². The van der Waals surface area contributed by atoms with Gasteiger partial charge in [-0.1, -0.05) is 25.9 Å². The molecule has 1 aromatic rings. The summed E-state index contributed by atoms with van der Waals surface area (Å²) in [5.41, 5.74) is -0.420. The molecule has 120 valence electrons. The Balaban J connectivity index is 2.31. The Hall–Kier alpha value is -0.940. The highest BCUT2D eigenvalue weighted by molar-refractivity contribution is 5.11.